The molecular weight excluding hydrogens is 268 g/mol. The van der Waals surface area contributed by atoms with Gasteiger partial charge in [0.15, 0.2) is 0 Å². The lowest BCUT2D eigenvalue weighted by Gasteiger charge is -2.24. The molecule has 1 amide bonds. The third-order valence-electron chi connectivity index (χ3n) is 3.31. The maximum Gasteiger partial charge on any atom is 0.410 e. The minimum absolute atomic E-state index is 0.222. The maximum atomic E-state index is 12.0. The molecule has 116 valence electrons. The summed E-state index contributed by atoms with van der Waals surface area (Å²) in [6.07, 6.45) is 0.756. The first kappa shape index (κ1) is 15.5. The Morgan fingerprint density at radius 3 is 2.81 bits per heavy atom. The summed E-state index contributed by atoms with van der Waals surface area (Å²) in [6.45, 7) is 9.83. The summed E-state index contributed by atoms with van der Waals surface area (Å²) in [4.78, 5) is 13.8. The van der Waals surface area contributed by atoms with Gasteiger partial charge < -0.3 is 15.0 Å². The van der Waals surface area contributed by atoms with E-state index in [9.17, 15) is 4.79 Å². The highest BCUT2D eigenvalue weighted by Gasteiger charge is 2.29. The Bertz CT molecular complexity index is 481. The van der Waals surface area contributed by atoms with Crippen molar-refractivity contribution in [3.8, 4) is 0 Å². The number of rotatable bonds is 3. The highest BCUT2D eigenvalue weighted by Crippen LogP contribution is 2.19. The Labute approximate surface area is 125 Å². The molecule has 21 heavy (non-hydrogen) atoms. The molecule has 1 atom stereocenters. The average molecular weight is 292 g/mol. The fourth-order valence-electron chi connectivity index (χ4n) is 2.23. The van der Waals surface area contributed by atoms with Gasteiger partial charge in [-0.05, 0) is 52.2 Å². The zero-order chi connectivity index (χ0) is 15.5. The van der Waals surface area contributed by atoms with Gasteiger partial charge in [-0.1, -0.05) is 0 Å². The molecule has 0 saturated carbocycles. The molecule has 1 aromatic rings. The number of nitrogens with zero attached hydrogens (tertiary/aromatic N) is 3. The lowest BCUT2D eigenvalue weighted by atomic mass is 10.1. The standard InChI is InChI=1S/C15H24N4O2/c1-11-5-6-13(18-17-11)16-9-12-7-8-19(10-12)14(20)21-15(2,3)4/h5-6,12H,7-10H2,1-4H3,(H,16,18)/t12-/m0/s1. The van der Waals surface area contributed by atoms with E-state index in [0.29, 0.717) is 5.92 Å². The van der Waals surface area contributed by atoms with Gasteiger partial charge in [0.1, 0.15) is 11.4 Å². The van der Waals surface area contributed by atoms with Crippen LogP contribution in [0.2, 0.25) is 0 Å². The second-order valence-corrected chi connectivity index (χ2v) is 6.52. The molecular formula is C15H24N4O2. The van der Waals surface area contributed by atoms with E-state index in [2.05, 4.69) is 15.5 Å². The number of ether oxygens (including phenoxy) is 1. The molecule has 1 N–H and O–H groups in total. The summed E-state index contributed by atoms with van der Waals surface area (Å²) in [6, 6.07) is 3.85. The summed E-state index contributed by atoms with van der Waals surface area (Å²) in [7, 11) is 0. The molecule has 2 rings (SSSR count). The first-order valence-electron chi connectivity index (χ1n) is 7.35. The van der Waals surface area contributed by atoms with Crippen LogP contribution in [0.25, 0.3) is 0 Å². The number of likely N-dealkylation sites (tertiary alicyclic amines) is 1. The normalized spacial score (nSPS) is 18.7. The van der Waals surface area contributed by atoms with Gasteiger partial charge in [0.05, 0.1) is 5.69 Å². The van der Waals surface area contributed by atoms with Crippen molar-refractivity contribution in [2.24, 2.45) is 5.92 Å². The van der Waals surface area contributed by atoms with Gasteiger partial charge in [0.2, 0.25) is 0 Å². The van der Waals surface area contributed by atoms with Gasteiger partial charge in [-0.25, -0.2) is 4.79 Å². The van der Waals surface area contributed by atoms with Gasteiger partial charge in [-0.2, -0.15) is 5.10 Å². The summed E-state index contributed by atoms with van der Waals surface area (Å²) in [5.41, 5.74) is 0.461. The molecule has 1 aliphatic rings. The molecule has 1 saturated heterocycles. The molecule has 0 unspecified atom stereocenters. The second kappa shape index (κ2) is 6.28. The van der Waals surface area contributed by atoms with Crippen LogP contribution in [0.5, 0.6) is 0 Å². The molecule has 1 aromatic heterocycles. The zero-order valence-corrected chi connectivity index (χ0v) is 13.2. The predicted molar refractivity (Wildman–Crippen MR) is 81.2 cm³/mol. The number of aryl methyl sites for hydroxylation is 1. The quantitative estimate of drug-likeness (QED) is 0.927. The number of hydrogen-bond acceptors (Lipinski definition) is 5. The fraction of sp³-hybridized carbons (Fsp3) is 0.667. The maximum absolute atomic E-state index is 12.0. The zero-order valence-electron chi connectivity index (χ0n) is 13.2. The van der Waals surface area contributed by atoms with Gasteiger partial charge in [-0.3, -0.25) is 0 Å². The molecule has 0 aliphatic carbocycles. The molecule has 1 aliphatic heterocycles. The smallest absolute Gasteiger partial charge is 0.410 e. The molecule has 1 fully saturated rings. The van der Waals surface area contributed by atoms with Crippen LogP contribution in [-0.2, 0) is 4.74 Å². The number of nitrogens with one attached hydrogen (secondary N) is 1. The number of hydrogen-bond donors (Lipinski definition) is 1. The highest BCUT2D eigenvalue weighted by molar-refractivity contribution is 5.68. The monoisotopic (exact) mass is 292 g/mol. The Morgan fingerprint density at radius 1 is 1.43 bits per heavy atom. The van der Waals surface area contributed by atoms with Crippen LogP contribution in [0, 0.1) is 12.8 Å². The van der Waals surface area contributed by atoms with E-state index in [1.807, 2.05) is 39.8 Å². The van der Waals surface area contributed by atoms with Crippen LogP contribution in [0.15, 0.2) is 12.1 Å². The summed E-state index contributed by atoms with van der Waals surface area (Å²) in [5, 5.41) is 11.4. The Balaban J connectivity index is 1.77. The van der Waals surface area contributed by atoms with Crippen LogP contribution in [0.3, 0.4) is 0 Å². The van der Waals surface area contributed by atoms with E-state index in [1.54, 1.807) is 4.90 Å². The number of aromatic nitrogens is 2. The first-order valence-corrected chi connectivity index (χ1v) is 7.35. The highest BCUT2D eigenvalue weighted by atomic mass is 16.6. The van der Waals surface area contributed by atoms with Crippen molar-refractivity contribution >= 4 is 11.9 Å². The number of carbonyl (C=O) groups excluding carboxylic acids is 1. The van der Waals surface area contributed by atoms with Crippen LogP contribution in [0.4, 0.5) is 10.6 Å². The Morgan fingerprint density at radius 2 is 2.19 bits per heavy atom. The van der Waals surface area contributed by atoms with E-state index in [0.717, 1.165) is 37.6 Å². The predicted octanol–water partition coefficient (Wildman–Crippen LogP) is 2.45. The van der Waals surface area contributed by atoms with Crippen molar-refractivity contribution < 1.29 is 9.53 Å². The Kier molecular flexibility index (Phi) is 4.65. The van der Waals surface area contributed by atoms with Crippen molar-refractivity contribution in [3.63, 3.8) is 0 Å². The van der Waals surface area contributed by atoms with E-state index in [4.69, 9.17) is 4.74 Å². The largest absolute Gasteiger partial charge is 0.444 e. The summed E-state index contributed by atoms with van der Waals surface area (Å²) < 4.78 is 5.39. The van der Waals surface area contributed by atoms with Crippen molar-refractivity contribution in [2.75, 3.05) is 25.0 Å². The summed E-state index contributed by atoms with van der Waals surface area (Å²) in [5.74, 6) is 1.19. The van der Waals surface area contributed by atoms with Crippen molar-refractivity contribution in [1.29, 1.82) is 0 Å². The number of carbonyl (C=O) groups is 1. The van der Waals surface area contributed by atoms with Crippen molar-refractivity contribution in [1.82, 2.24) is 15.1 Å². The minimum Gasteiger partial charge on any atom is -0.444 e. The molecule has 0 bridgehead atoms. The van der Waals surface area contributed by atoms with Crippen molar-refractivity contribution in [2.45, 2.75) is 39.7 Å². The average Bonchev–Trinajstić information content (AvgIpc) is 2.85. The molecule has 0 spiro atoms. The van der Waals surface area contributed by atoms with Crippen LogP contribution in [-0.4, -0.2) is 46.4 Å². The molecule has 6 nitrogen and oxygen atoms in total. The van der Waals surface area contributed by atoms with Gasteiger partial charge in [0, 0.05) is 19.6 Å². The lowest BCUT2D eigenvalue weighted by molar-refractivity contribution is 0.0289. The van der Waals surface area contributed by atoms with Crippen LogP contribution < -0.4 is 5.32 Å². The number of anilines is 1. The van der Waals surface area contributed by atoms with Gasteiger partial charge in [0.25, 0.3) is 0 Å². The minimum atomic E-state index is -0.440. The van der Waals surface area contributed by atoms with E-state index in [-0.39, 0.29) is 6.09 Å². The van der Waals surface area contributed by atoms with Crippen LogP contribution in [0.1, 0.15) is 32.9 Å². The third kappa shape index (κ3) is 4.88. The summed E-state index contributed by atoms with van der Waals surface area (Å²) >= 11 is 0. The third-order valence-corrected chi connectivity index (χ3v) is 3.31. The first-order chi connectivity index (χ1) is 9.83. The van der Waals surface area contributed by atoms with Gasteiger partial charge in [-0.15, -0.1) is 5.10 Å². The van der Waals surface area contributed by atoms with E-state index < -0.39 is 5.60 Å². The van der Waals surface area contributed by atoms with Crippen LogP contribution >= 0.6 is 0 Å². The van der Waals surface area contributed by atoms with E-state index >= 15 is 0 Å². The lowest BCUT2D eigenvalue weighted by Crippen LogP contribution is -2.35. The second-order valence-electron chi connectivity index (χ2n) is 6.52. The topological polar surface area (TPSA) is 67.4 Å². The molecule has 0 aromatic carbocycles. The fourth-order valence-corrected chi connectivity index (χ4v) is 2.23. The number of amides is 1. The molecule has 6 heteroatoms. The Hall–Kier alpha value is -1.85. The van der Waals surface area contributed by atoms with E-state index in [1.165, 1.54) is 0 Å². The molecule has 2 heterocycles. The molecule has 0 radical (unpaired) electrons. The van der Waals surface area contributed by atoms with Gasteiger partial charge >= 0.3 is 6.09 Å². The van der Waals surface area contributed by atoms with Crippen molar-refractivity contribution in [3.05, 3.63) is 17.8 Å². The SMILES string of the molecule is Cc1ccc(NC[C@@H]2CCN(C(=O)OC(C)(C)C)C2)nn1.